The minimum atomic E-state index is 0.0678. The fraction of sp³-hybridized carbons (Fsp3) is 0.909. The summed E-state index contributed by atoms with van der Waals surface area (Å²) in [6, 6.07) is 0. The highest BCUT2D eigenvalue weighted by atomic mass is 16.1. The van der Waals surface area contributed by atoms with Crippen LogP contribution in [0.4, 0.5) is 0 Å². The second-order valence-corrected chi connectivity index (χ2v) is 4.34. The highest BCUT2D eigenvalue weighted by Gasteiger charge is 2.16. The Morgan fingerprint density at radius 2 is 1.86 bits per heavy atom. The van der Waals surface area contributed by atoms with Crippen LogP contribution in [0, 0.1) is 0 Å². The van der Waals surface area contributed by atoms with Crippen molar-refractivity contribution >= 4 is 5.91 Å². The first-order valence-electron chi connectivity index (χ1n) is 5.53. The molecule has 0 atom stereocenters. The Morgan fingerprint density at radius 3 is 2.36 bits per heavy atom. The molecule has 0 aromatic rings. The van der Waals surface area contributed by atoms with E-state index in [9.17, 15) is 4.79 Å². The van der Waals surface area contributed by atoms with Gasteiger partial charge >= 0.3 is 0 Å². The molecule has 84 valence electrons. The summed E-state index contributed by atoms with van der Waals surface area (Å²) in [4.78, 5) is 11.3. The van der Waals surface area contributed by atoms with E-state index in [0.29, 0.717) is 6.54 Å². The minimum Gasteiger partial charge on any atom is -0.355 e. The molecule has 0 saturated heterocycles. The average molecular weight is 200 g/mol. The van der Waals surface area contributed by atoms with Crippen molar-refractivity contribution in [3.05, 3.63) is 0 Å². The van der Waals surface area contributed by atoms with Crippen LogP contribution < -0.4 is 10.6 Å². The molecule has 3 nitrogen and oxygen atoms in total. The molecule has 3 heteroatoms. The molecule has 0 aromatic heterocycles. The lowest BCUT2D eigenvalue weighted by Crippen LogP contribution is -2.45. The number of hydrogen-bond acceptors (Lipinski definition) is 2. The summed E-state index contributed by atoms with van der Waals surface area (Å²) in [5.41, 5.74) is 0.0678. The van der Waals surface area contributed by atoms with Crippen molar-refractivity contribution in [3.8, 4) is 0 Å². The van der Waals surface area contributed by atoms with Crippen molar-refractivity contribution < 1.29 is 4.79 Å². The first-order chi connectivity index (χ1) is 6.52. The van der Waals surface area contributed by atoms with E-state index in [1.165, 1.54) is 0 Å². The standard InChI is InChI=1S/C11H24N2O/c1-5-7-11(3,4)13-9-10(14)12-8-6-2/h13H,5-9H2,1-4H3,(H,12,14). The molecule has 0 bridgehead atoms. The lowest BCUT2D eigenvalue weighted by molar-refractivity contribution is -0.120. The van der Waals surface area contributed by atoms with Gasteiger partial charge in [0.25, 0.3) is 0 Å². The van der Waals surface area contributed by atoms with Crippen LogP contribution in [0.3, 0.4) is 0 Å². The summed E-state index contributed by atoms with van der Waals surface area (Å²) >= 11 is 0. The Hall–Kier alpha value is -0.570. The maximum absolute atomic E-state index is 11.3. The Labute approximate surface area is 87.6 Å². The first-order valence-corrected chi connectivity index (χ1v) is 5.53. The summed E-state index contributed by atoms with van der Waals surface area (Å²) < 4.78 is 0. The van der Waals surface area contributed by atoms with Gasteiger partial charge in [0.2, 0.25) is 5.91 Å². The monoisotopic (exact) mass is 200 g/mol. The van der Waals surface area contributed by atoms with Crippen LogP contribution in [0.2, 0.25) is 0 Å². The molecule has 0 saturated carbocycles. The molecule has 0 aliphatic carbocycles. The molecular weight excluding hydrogens is 176 g/mol. The minimum absolute atomic E-state index is 0.0678. The predicted molar refractivity (Wildman–Crippen MR) is 60.3 cm³/mol. The molecule has 0 radical (unpaired) electrons. The van der Waals surface area contributed by atoms with Gasteiger partial charge in [-0.25, -0.2) is 0 Å². The second-order valence-electron chi connectivity index (χ2n) is 4.34. The van der Waals surface area contributed by atoms with Crippen molar-refractivity contribution in [2.24, 2.45) is 0 Å². The normalized spacial score (nSPS) is 11.4. The zero-order valence-corrected chi connectivity index (χ0v) is 9.94. The molecule has 0 aliphatic heterocycles. The highest BCUT2D eigenvalue weighted by Crippen LogP contribution is 2.09. The van der Waals surface area contributed by atoms with Crippen LogP contribution in [0.5, 0.6) is 0 Å². The lowest BCUT2D eigenvalue weighted by Gasteiger charge is -2.25. The van der Waals surface area contributed by atoms with Crippen molar-refractivity contribution in [3.63, 3.8) is 0 Å². The SMILES string of the molecule is CCCNC(=O)CNC(C)(C)CCC. The largest absolute Gasteiger partial charge is 0.355 e. The summed E-state index contributed by atoms with van der Waals surface area (Å²) in [7, 11) is 0. The van der Waals surface area contributed by atoms with Crippen LogP contribution in [0.25, 0.3) is 0 Å². The summed E-state index contributed by atoms with van der Waals surface area (Å²) in [5, 5.41) is 6.10. The molecule has 0 unspecified atom stereocenters. The Kier molecular flexibility index (Phi) is 6.54. The molecule has 0 aliphatic rings. The molecule has 0 heterocycles. The van der Waals surface area contributed by atoms with E-state index in [1.807, 2.05) is 0 Å². The van der Waals surface area contributed by atoms with Crippen LogP contribution in [0.1, 0.15) is 47.0 Å². The average Bonchev–Trinajstić information content (AvgIpc) is 2.11. The molecule has 0 fully saturated rings. The van der Waals surface area contributed by atoms with Gasteiger partial charge < -0.3 is 10.6 Å². The van der Waals surface area contributed by atoms with E-state index < -0.39 is 0 Å². The van der Waals surface area contributed by atoms with E-state index in [-0.39, 0.29) is 11.4 Å². The number of rotatable bonds is 7. The maximum Gasteiger partial charge on any atom is 0.233 e. The third-order valence-electron chi connectivity index (χ3n) is 2.17. The van der Waals surface area contributed by atoms with Gasteiger partial charge in [-0.05, 0) is 26.7 Å². The maximum atomic E-state index is 11.3. The third-order valence-corrected chi connectivity index (χ3v) is 2.17. The number of hydrogen-bond donors (Lipinski definition) is 2. The van der Waals surface area contributed by atoms with Gasteiger partial charge in [-0.2, -0.15) is 0 Å². The summed E-state index contributed by atoms with van der Waals surface area (Å²) in [6.07, 6.45) is 3.22. The van der Waals surface area contributed by atoms with E-state index in [1.54, 1.807) is 0 Å². The molecule has 0 aromatic carbocycles. The van der Waals surface area contributed by atoms with Crippen LogP contribution >= 0.6 is 0 Å². The molecule has 0 rings (SSSR count). The quantitative estimate of drug-likeness (QED) is 0.656. The van der Waals surface area contributed by atoms with Gasteiger partial charge in [-0.15, -0.1) is 0 Å². The fourth-order valence-electron chi connectivity index (χ4n) is 1.36. The zero-order valence-electron chi connectivity index (χ0n) is 9.94. The van der Waals surface area contributed by atoms with Gasteiger partial charge in [-0.1, -0.05) is 20.3 Å². The number of amides is 1. The van der Waals surface area contributed by atoms with Crippen molar-refractivity contribution in [1.82, 2.24) is 10.6 Å². The predicted octanol–water partition coefficient (Wildman–Crippen LogP) is 1.68. The Balaban J connectivity index is 3.64. The number of nitrogens with one attached hydrogen (secondary N) is 2. The van der Waals surface area contributed by atoms with Gasteiger partial charge in [0.05, 0.1) is 6.54 Å². The van der Waals surface area contributed by atoms with Crippen molar-refractivity contribution in [2.45, 2.75) is 52.5 Å². The van der Waals surface area contributed by atoms with Crippen molar-refractivity contribution in [2.75, 3.05) is 13.1 Å². The summed E-state index contributed by atoms with van der Waals surface area (Å²) in [5.74, 6) is 0.0935. The van der Waals surface area contributed by atoms with Gasteiger partial charge in [0.15, 0.2) is 0 Å². The van der Waals surface area contributed by atoms with Crippen LogP contribution in [0.15, 0.2) is 0 Å². The van der Waals surface area contributed by atoms with Gasteiger partial charge in [-0.3, -0.25) is 4.79 Å². The molecular formula is C11H24N2O. The Bertz CT molecular complexity index is 167. The smallest absolute Gasteiger partial charge is 0.233 e. The van der Waals surface area contributed by atoms with Gasteiger partial charge in [0.1, 0.15) is 0 Å². The zero-order chi connectivity index (χ0) is 11.0. The van der Waals surface area contributed by atoms with E-state index in [4.69, 9.17) is 0 Å². The van der Waals surface area contributed by atoms with Crippen LogP contribution in [-0.4, -0.2) is 24.5 Å². The fourth-order valence-corrected chi connectivity index (χ4v) is 1.36. The van der Waals surface area contributed by atoms with Crippen molar-refractivity contribution in [1.29, 1.82) is 0 Å². The second kappa shape index (κ2) is 6.82. The highest BCUT2D eigenvalue weighted by molar-refractivity contribution is 5.78. The molecule has 0 spiro atoms. The number of carbonyl (C=O) groups is 1. The number of carbonyl (C=O) groups excluding carboxylic acids is 1. The molecule has 1 amide bonds. The van der Waals surface area contributed by atoms with E-state index in [0.717, 1.165) is 25.8 Å². The molecule has 14 heavy (non-hydrogen) atoms. The van der Waals surface area contributed by atoms with Gasteiger partial charge in [0, 0.05) is 12.1 Å². The third kappa shape index (κ3) is 6.89. The molecule has 2 N–H and O–H groups in total. The summed E-state index contributed by atoms with van der Waals surface area (Å²) in [6.45, 7) is 9.66. The van der Waals surface area contributed by atoms with Crippen LogP contribution in [-0.2, 0) is 4.79 Å². The van der Waals surface area contributed by atoms with E-state index in [2.05, 4.69) is 38.3 Å². The first kappa shape index (κ1) is 13.4. The lowest BCUT2D eigenvalue weighted by atomic mass is 9.99. The van der Waals surface area contributed by atoms with E-state index >= 15 is 0 Å². The Morgan fingerprint density at radius 1 is 1.21 bits per heavy atom. The topological polar surface area (TPSA) is 41.1 Å².